The predicted molar refractivity (Wildman–Crippen MR) is 66.2 cm³/mol. The standard InChI is InChI=1S/C10H13Cl2N3O/c1-15(6-10(13)14-16)5-7-4-8(11)2-3-9(7)12/h2-4,16H,5-6H2,1H3,(H2,13,14). The summed E-state index contributed by atoms with van der Waals surface area (Å²) in [7, 11) is 1.84. The van der Waals surface area contributed by atoms with Gasteiger partial charge in [0.15, 0.2) is 5.84 Å². The van der Waals surface area contributed by atoms with Crippen LogP contribution in [0.1, 0.15) is 5.56 Å². The van der Waals surface area contributed by atoms with Crippen LogP contribution in [0.3, 0.4) is 0 Å². The molecule has 4 nitrogen and oxygen atoms in total. The third kappa shape index (κ3) is 3.89. The first-order chi connectivity index (χ1) is 7.52. The van der Waals surface area contributed by atoms with E-state index in [-0.39, 0.29) is 5.84 Å². The summed E-state index contributed by atoms with van der Waals surface area (Å²) >= 11 is 11.9. The van der Waals surface area contributed by atoms with Crippen molar-refractivity contribution in [2.45, 2.75) is 6.54 Å². The second-order valence-corrected chi connectivity index (χ2v) is 4.34. The third-order valence-corrected chi connectivity index (χ3v) is 2.61. The molecule has 0 aliphatic heterocycles. The molecule has 0 heterocycles. The Kier molecular flexibility index (Phi) is 4.86. The molecule has 16 heavy (non-hydrogen) atoms. The number of hydrogen-bond donors (Lipinski definition) is 2. The number of nitrogens with two attached hydrogens (primary N) is 1. The van der Waals surface area contributed by atoms with Gasteiger partial charge in [0, 0.05) is 16.6 Å². The lowest BCUT2D eigenvalue weighted by Gasteiger charge is -2.16. The molecule has 1 rings (SSSR count). The molecule has 6 heteroatoms. The highest BCUT2D eigenvalue weighted by molar-refractivity contribution is 6.33. The van der Waals surface area contributed by atoms with Crippen LogP contribution >= 0.6 is 23.2 Å². The summed E-state index contributed by atoms with van der Waals surface area (Å²) in [5.41, 5.74) is 6.30. The Morgan fingerprint density at radius 1 is 1.50 bits per heavy atom. The van der Waals surface area contributed by atoms with Gasteiger partial charge in [0.2, 0.25) is 0 Å². The van der Waals surface area contributed by atoms with Gasteiger partial charge in [-0.05, 0) is 30.8 Å². The minimum absolute atomic E-state index is 0.153. The Hall–Kier alpha value is -0.970. The second kappa shape index (κ2) is 5.94. The number of hydrogen-bond acceptors (Lipinski definition) is 3. The third-order valence-electron chi connectivity index (χ3n) is 2.01. The molecule has 0 aliphatic rings. The van der Waals surface area contributed by atoms with Crippen molar-refractivity contribution in [1.82, 2.24) is 4.90 Å². The van der Waals surface area contributed by atoms with E-state index in [0.29, 0.717) is 23.1 Å². The van der Waals surface area contributed by atoms with Crippen LogP contribution in [0.15, 0.2) is 23.4 Å². The summed E-state index contributed by atoms with van der Waals surface area (Å²) < 4.78 is 0. The molecule has 3 N–H and O–H groups in total. The van der Waals surface area contributed by atoms with Gasteiger partial charge in [0.1, 0.15) is 0 Å². The molecular formula is C10H13Cl2N3O. The van der Waals surface area contributed by atoms with Gasteiger partial charge in [0.25, 0.3) is 0 Å². The van der Waals surface area contributed by atoms with Crippen LogP contribution in [0.4, 0.5) is 0 Å². The molecule has 0 bridgehead atoms. The molecule has 0 amide bonds. The summed E-state index contributed by atoms with van der Waals surface area (Å²) in [5.74, 6) is 0.153. The van der Waals surface area contributed by atoms with Gasteiger partial charge in [-0.3, -0.25) is 4.90 Å². The summed E-state index contributed by atoms with van der Waals surface area (Å²) in [5, 5.41) is 12.6. The Morgan fingerprint density at radius 3 is 2.81 bits per heavy atom. The highest BCUT2D eigenvalue weighted by atomic mass is 35.5. The molecule has 0 aromatic heterocycles. The normalized spacial score (nSPS) is 12.1. The first kappa shape index (κ1) is 13.1. The molecule has 0 fully saturated rings. The molecule has 0 atom stereocenters. The van der Waals surface area contributed by atoms with Gasteiger partial charge in [-0.2, -0.15) is 0 Å². The topological polar surface area (TPSA) is 61.8 Å². The molecule has 0 saturated carbocycles. The summed E-state index contributed by atoms with van der Waals surface area (Å²) in [4.78, 5) is 1.87. The van der Waals surface area contributed by atoms with Crippen molar-refractivity contribution in [3.05, 3.63) is 33.8 Å². The minimum Gasteiger partial charge on any atom is -0.409 e. The molecule has 0 unspecified atom stereocenters. The zero-order chi connectivity index (χ0) is 12.1. The Bertz CT molecular complexity index is 396. The first-order valence-corrected chi connectivity index (χ1v) is 5.37. The average Bonchev–Trinajstić information content (AvgIpc) is 2.23. The molecule has 0 spiro atoms. The monoisotopic (exact) mass is 261 g/mol. The van der Waals surface area contributed by atoms with Crippen molar-refractivity contribution in [3.63, 3.8) is 0 Å². The van der Waals surface area contributed by atoms with Crippen LogP contribution in [-0.2, 0) is 6.54 Å². The van der Waals surface area contributed by atoms with E-state index in [0.717, 1.165) is 5.56 Å². The molecule has 0 radical (unpaired) electrons. The van der Waals surface area contributed by atoms with Crippen molar-refractivity contribution >= 4 is 29.0 Å². The Balaban J connectivity index is 2.69. The summed E-state index contributed by atoms with van der Waals surface area (Å²) in [6.07, 6.45) is 0. The molecule has 0 aliphatic carbocycles. The molecule has 0 saturated heterocycles. The SMILES string of the molecule is CN(CC(N)=NO)Cc1cc(Cl)ccc1Cl. The summed E-state index contributed by atoms with van der Waals surface area (Å²) in [6, 6.07) is 5.28. The van der Waals surface area contributed by atoms with Crippen molar-refractivity contribution < 1.29 is 5.21 Å². The Labute approximate surface area is 104 Å². The maximum absolute atomic E-state index is 8.44. The van der Waals surface area contributed by atoms with Crippen LogP contribution in [0.25, 0.3) is 0 Å². The van der Waals surface area contributed by atoms with E-state index in [2.05, 4.69) is 5.16 Å². The van der Waals surface area contributed by atoms with E-state index in [1.54, 1.807) is 18.2 Å². The lowest BCUT2D eigenvalue weighted by Crippen LogP contribution is -2.30. The number of benzene rings is 1. The number of amidine groups is 1. The molecule has 88 valence electrons. The lowest BCUT2D eigenvalue weighted by atomic mass is 10.2. The fraction of sp³-hybridized carbons (Fsp3) is 0.300. The highest BCUT2D eigenvalue weighted by Gasteiger charge is 2.06. The maximum atomic E-state index is 8.44. The van der Waals surface area contributed by atoms with E-state index in [1.165, 1.54) is 0 Å². The zero-order valence-corrected chi connectivity index (χ0v) is 10.3. The number of oxime groups is 1. The van der Waals surface area contributed by atoms with Gasteiger partial charge >= 0.3 is 0 Å². The van der Waals surface area contributed by atoms with E-state index in [1.807, 2.05) is 11.9 Å². The lowest BCUT2D eigenvalue weighted by molar-refractivity contribution is 0.308. The van der Waals surface area contributed by atoms with Crippen molar-refractivity contribution in [1.29, 1.82) is 0 Å². The number of nitrogens with zero attached hydrogens (tertiary/aromatic N) is 2. The number of likely N-dealkylation sites (N-methyl/N-ethyl adjacent to an activating group) is 1. The van der Waals surface area contributed by atoms with Crippen LogP contribution in [0.5, 0.6) is 0 Å². The van der Waals surface area contributed by atoms with Gasteiger partial charge in [-0.1, -0.05) is 28.4 Å². The van der Waals surface area contributed by atoms with Crippen molar-refractivity contribution in [2.75, 3.05) is 13.6 Å². The van der Waals surface area contributed by atoms with Gasteiger partial charge in [-0.15, -0.1) is 0 Å². The van der Waals surface area contributed by atoms with Crippen LogP contribution in [0, 0.1) is 0 Å². The van der Waals surface area contributed by atoms with Crippen LogP contribution in [-0.4, -0.2) is 29.5 Å². The molecular weight excluding hydrogens is 249 g/mol. The van der Waals surface area contributed by atoms with E-state index in [9.17, 15) is 0 Å². The van der Waals surface area contributed by atoms with Gasteiger partial charge < -0.3 is 10.9 Å². The maximum Gasteiger partial charge on any atom is 0.153 e. The fourth-order valence-corrected chi connectivity index (χ4v) is 1.69. The molecule has 1 aromatic carbocycles. The molecule has 1 aromatic rings. The van der Waals surface area contributed by atoms with Crippen LogP contribution in [0.2, 0.25) is 10.0 Å². The number of halogens is 2. The quantitative estimate of drug-likeness (QED) is 0.378. The van der Waals surface area contributed by atoms with Gasteiger partial charge in [-0.25, -0.2) is 0 Å². The van der Waals surface area contributed by atoms with E-state index >= 15 is 0 Å². The number of rotatable bonds is 4. The minimum atomic E-state index is 0.153. The van der Waals surface area contributed by atoms with Crippen LogP contribution < -0.4 is 5.73 Å². The van der Waals surface area contributed by atoms with E-state index in [4.69, 9.17) is 34.1 Å². The van der Waals surface area contributed by atoms with Gasteiger partial charge in [0.05, 0.1) is 6.54 Å². The first-order valence-electron chi connectivity index (χ1n) is 4.62. The predicted octanol–water partition coefficient (Wildman–Crippen LogP) is 2.17. The second-order valence-electron chi connectivity index (χ2n) is 3.50. The average molecular weight is 262 g/mol. The smallest absolute Gasteiger partial charge is 0.153 e. The van der Waals surface area contributed by atoms with E-state index < -0.39 is 0 Å². The largest absolute Gasteiger partial charge is 0.409 e. The highest BCUT2D eigenvalue weighted by Crippen LogP contribution is 2.21. The van der Waals surface area contributed by atoms with Crippen molar-refractivity contribution in [3.8, 4) is 0 Å². The van der Waals surface area contributed by atoms with Crippen molar-refractivity contribution in [2.24, 2.45) is 10.9 Å². The summed E-state index contributed by atoms with van der Waals surface area (Å²) in [6.45, 7) is 0.939. The zero-order valence-electron chi connectivity index (χ0n) is 8.82. The fourth-order valence-electron chi connectivity index (χ4n) is 1.32. The Morgan fingerprint density at radius 2 is 2.19 bits per heavy atom.